The predicted molar refractivity (Wildman–Crippen MR) is 61.5 cm³/mol. The third-order valence-corrected chi connectivity index (χ3v) is 2.82. The van der Waals surface area contributed by atoms with Crippen LogP contribution in [-0.2, 0) is 14.3 Å². The molecule has 3 N–H and O–H groups in total. The lowest BCUT2D eigenvalue weighted by Gasteiger charge is -2.48. The summed E-state index contributed by atoms with van der Waals surface area (Å²) in [5, 5.41) is 8.50. The van der Waals surface area contributed by atoms with Crippen LogP contribution >= 0.6 is 0 Å². The van der Waals surface area contributed by atoms with Gasteiger partial charge in [-0.1, -0.05) is 13.3 Å². The van der Waals surface area contributed by atoms with E-state index in [2.05, 4.69) is 0 Å². The Balaban J connectivity index is 2.34. The molecule has 0 saturated carbocycles. The first kappa shape index (κ1) is 13.9. The minimum absolute atomic E-state index is 0.0803. The third kappa shape index (κ3) is 3.67. The molecule has 0 aliphatic carbocycles. The number of nitrogens with two attached hydrogens (primary N) is 1. The number of amides is 1. The van der Waals surface area contributed by atoms with Crippen LogP contribution in [0, 0.1) is 0 Å². The number of aliphatic carboxylic acids is 1. The molecular formula is C11H20N2O4. The molecule has 1 amide bonds. The highest BCUT2D eigenvalue weighted by molar-refractivity contribution is 5.82. The lowest BCUT2D eigenvalue weighted by Crippen LogP contribution is -2.65. The summed E-state index contributed by atoms with van der Waals surface area (Å²) in [6.45, 7) is 4.26. The van der Waals surface area contributed by atoms with Gasteiger partial charge in [-0.05, 0) is 13.3 Å². The Morgan fingerprint density at radius 3 is 2.59 bits per heavy atom. The average molecular weight is 244 g/mol. The molecule has 0 spiro atoms. The summed E-state index contributed by atoms with van der Waals surface area (Å²) >= 11 is 0. The zero-order valence-electron chi connectivity index (χ0n) is 10.3. The summed E-state index contributed by atoms with van der Waals surface area (Å²) in [6.07, 6.45) is 1.54. The molecule has 17 heavy (non-hydrogen) atoms. The van der Waals surface area contributed by atoms with Crippen molar-refractivity contribution < 1.29 is 19.4 Å². The molecule has 6 nitrogen and oxygen atoms in total. The van der Waals surface area contributed by atoms with Crippen molar-refractivity contribution in [1.82, 2.24) is 4.90 Å². The first-order valence-corrected chi connectivity index (χ1v) is 5.78. The fraction of sp³-hybridized carbons (Fsp3) is 0.818. The second kappa shape index (κ2) is 5.46. The highest BCUT2D eigenvalue weighted by atomic mass is 16.5. The number of carboxylic acid groups (broad SMARTS) is 1. The van der Waals surface area contributed by atoms with Gasteiger partial charge in [-0.25, -0.2) is 4.79 Å². The van der Waals surface area contributed by atoms with Gasteiger partial charge in [0.05, 0.1) is 19.1 Å². The highest BCUT2D eigenvalue weighted by Gasteiger charge is 2.43. The fourth-order valence-corrected chi connectivity index (χ4v) is 1.91. The molecule has 1 atom stereocenters. The summed E-state index contributed by atoms with van der Waals surface area (Å²) in [4.78, 5) is 23.8. The van der Waals surface area contributed by atoms with Crippen LogP contribution < -0.4 is 5.73 Å². The molecular weight excluding hydrogens is 224 g/mol. The van der Waals surface area contributed by atoms with Crippen molar-refractivity contribution in [2.24, 2.45) is 5.73 Å². The third-order valence-electron chi connectivity index (χ3n) is 2.82. The molecule has 0 aromatic rings. The summed E-state index contributed by atoms with van der Waals surface area (Å²) in [5.41, 5.74) is 5.18. The zero-order chi connectivity index (χ0) is 13.1. The molecule has 1 aliphatic heterocycles. The number of nitrogens with zero attached hydrogens (tertiary/aromatic N) is 1. The molecule has 1 fully saturated rings. The number of hydrogen-bond acceptors (Lipinski definition) is 4. The van der Waals surface area contributed by atoms with Gasteiger partial charge in [0, 0.05) is 0 Å². The van der Waals surface area contributed by atoms with E-state index < -0.39 is 17.6 Å². The second-order valence-electron chi connectivity index (χ2n) is 4.72. The minimum Gasteiger partial charge on any atom is -0.480 e. The van der Waals surface area contributed by atoms with E-state index in [4.69, 9.17) is 15.6 Å². The van der Waals surface area contributed by atoms with Gasteiger partial charge in [-0.2, -0.15) is 0 Å². The number of carboxylic acids is 1. The Morgan fingerprint density at radius 2 is 2.12 bits per heavy atom. The quantitative estimate of drug-likeness (QED) is 0.676. The van der Waals surface area contributed by atoms with Gasteiger partial charge in [0.15, 0.2) is 0 Å². The van der Waals surface area contributed by atoms with E-state index >= 15 is 0 Å². The van der Waals surface area contributed by atoms with Crippen LogP contribution in [0.5, 0.6) is 0 Å². The second-order valence-corrected chi connectivity index (χ2v) is 4.72. The van der Waals surface area contributed by atoms with Crippen LogP contribution in [0.2, 0.25) is 0 Å². The Labute approximate surface area is 101 Å². The summed E-state index contributed by atoms with van der Waals surface area (Å²) in [7, 11) is 0. The van der Waals surface area contributed by atoms with E-state index in [1.807, 2.05) is 6.92 Å². The molecule has 0 radical (unpaired) electrons. The number of carbonyl (C=O) groups excluding carboxylic acids is 1. The van der Waals surface area contributed by atoms with Crippen LogP contribution in [0.1, 0.15) is 26.7 Å². The highest BCUT2D eigenvalue weighted by Crippen LogP contribution is 2.25. The van der Waals surface area contributed by atoms with Gasteiger partial charge in [0.1, 0.15) is 12.2 Å². The van der Waals surface area contributed by atoms with E-state index in [9.17, 15) is 9.59 Å². The first-order valence-electron chi connectivity index (χ1n) is 5.78. The number of ether oxygens (including phenoxy) is 1. The van der Waals surface area contributed by atoms with Gasteiger partial charge < -0.3 is 20.5 Å². The maximum atomic E-state index is 11.8. The number of carbonyl (C=O) groups is 2. The van der Waals surface area contributed by atoms with Crippen LogP contribution in [0.25, 0.3) is 0 Å². The van der Waals surface area contributed by atoms with Crippen LogP contribution in [-0.4, -0.2) is 53.2 Å². The van der Waals surface area contributed by atoms with E-state index in [1.165, 1.54) is 0 Å². The Kier molecular flexibility index (Phi) is 4.47. The van der Waals surface area contributed by atoms with Crippen LogP contribution in [0.15, 0.2) is 0 Å². The zero-order valence-corrected chi connectivity index (χ0v) is 10.3. The lowest BCUT2D eigenvalue weighted by atomic mass is 9.95. The Bertz CT molecular complexity index is 300. The molecule has 98 valence electrons. The molecule has 1 aliphatic rings. The maximum absolute atomic E-state index is 11.8. The topological polar surface area (TPSA) is 92.9 Å². The summed E-state index contributed by atoms with van der Waals surface area (Å²) in [5.74, 6) is -1.08. The molecule has 6 heteroatoms. The molecule has 1 saturated heterocycles. The van der Waals surface area contributed by atoms with Gasteiger partial charge in [0.2, 0.25) is 5.91 Å². The average Bonchev–Trinajstić information content (AvgIpc) is 2.22. The molecule has 1 heterocycles. The van der Waals surface area contributed by atoms with Crippen molar-refractivity contribution in [1.29, 1.82) is 0 Å². The van der Waals surface area contributed by atoms with Crippen molar-refractivity contribution in [3.8, 4) is 0 Å². The van der Waals surface area contributed by atoms with Crippen molar-refractivity contribution in [2.75, 3.05) is 19.7 Å². The molecule has 0 unspecified atom stereocenters. The van der Waals surface area contributed by atoms with E-state index in [0.29, 0.717) is 19.5 Å². The normalized spacial score (nSPS) is 19.6. The van der Waals surface area contributed by atoms with Gasteiger partial charge in [-0.3, -0.25) is 4.79 Å². The first-order chi connectivity index (χ1) is 7.88. The van der Waals surface area contributed by atoms with Crippen molar-refractivity contribution >= 4 is 11.9 Å². The number of rotatable bonds is 6. The van der Waals surface area contributed by atoms with Crippen molar-refractivity contribution in [2.45, 2.75) is 38.3 Å². The smallest absolute Gasteiger partial charge is 0.329 e. The van der Waals surface area contributed by atoms with Crippen molar-refractivity contribution in [3.05, 3.63) is 0 Å². The monoisotopic (exact) mass is 244 g/mol. The Hall–Kier alpha value is -1.14. The number of likely N-dealkylation sites (tertiary alicyclic amines) is 1. The fourth-order valence-electron chi connectivity index (χ4n) is 1.91. The van der Waals surface area contributed by atoms with Crippen LogP contribution in [0.3, 0.4) is 0 Å². The molecule has 0 aromatic carbocycles. The summed E-state index contributed by atoms with van der Waals surface area (Å²) in [6, 6.07) is -0.455. The molecule has 0 aromatic heterocycles. The van der Waals surface area contributed by atoms with E-state index in [-0.39, 0.29) is 12.5 Å². The minimum atomic E-state index is -1.00. The molecule has 1 rings (SSSR count). The van der Waals surface area contributed by atoms with E-state index in [0.717, 1.165) is 6.42 Å². The standard InChI is InChI=1S/C11H20N2O4/c1-3-4-8(12)10(16)13-6-11(2,7-13)17-5-9(14)15/h8H,3-7,12H2,1-2H3,(H,14,15)/t8-/m1/s1. The summed E-state index contributed by atoms with van der Waals surface area (Å²) < 4.78 is 5.21. The largest absolute Gasteiger partial charge is 0.480 e. The van der Waals surface area contributed by atoms with Gasteiger partial charge in [-0.15, -0.1) is 0 Å². The predicted octanol–water partition coefficient (Wildman–Crippen LogP) is -0.184. The van der Waals surface area contributed by atoms with Crippen LogP contribution in [0.4, 0.5) is 0 Å². The lowest BCUT2D eigenvalue weighted by molar-refractivity contribution is -0.174. The van der Waals surface area contributed by atoms with Crippen molar-refractivity contribution in [3.63, 3.8) is 0 Å². The maximum Gasteiger partial charge on any atom is 0.329 e. The van der Waals surface area contributed by atoms with E-state index in [1.54, 1.807) is 11.8 Å². The molecule has 0 bridgehead atoms. The SMILES string of the molecule is CCC[C@@H](N)C(=O)N1CC(C)(OCC(=O)O)C1. The van der Waals surface area contributed by atoms with Gasteiger partial charge >= 0.3 is 5.97 Å². The Morgan fingerprint density at radius 1 is 1.53 bits per heavy atom. The number of hydrogen-bond donors (Lipinski definition) is 2. The van der Waals surface area contributed by atoms with Gasteiger partial charge in [0.25, 0.3) is 0 Å².